The first-order chi connectivity index (χ1) is 7.24. The van der Waals surface area contributed by atoms with Crippen molar-refractivity contribution in [2.45, 2.75) is 39.2 Å². The fraction of sp³-hybridized carbons (Fsp3) is 0.583. The number of aromatic nitrogens is 3. The van der Waals surface area contributed by atoms with Crippen LogP contribution in [0.4, 0.5) is 0 Å². The molecule has 0 unspecified atom stereocenters. The average Bonchev–Trinajstić information content (AvgIpc) is 2.84. The van der Waals surface area contributed by atoms with Gasteiger partial charge in [0.05, 0.1) is 5.69 Å². The first-order valence-corrected chi connectivity index (χ1v) is 5.78. The third-order valence-electron chi connectivity index (χ3n) is 2.97. The molecule has 1 saturated carbocycles. The molecular formula is C12H17N3. The first kappa shape index (κ1) is 9.01. The van der Waals surface area contributed by atoms with Crippen molar-refractivity contribution in [3.05, 3.63) is 24.2 Å². The summed E-state index contributed by atoms with van der Waals surface area (Å²) in [5, 5.41) is 4.60. The van der Waals surface area contributed by atoms with Gasteiger partial charge >= 0.3 is 0 Å². The Hall–Kier alpha value is -1.25. The molecule has 2 aromatic rings. The quantitative estimate of drug-likeness (QED) is 0.751. The molecule has 80 valence electrons. The molecule has 1 aliphatic carbocycles. The van der Waals surface area contributed by atoms with Crippen molar-refractivity contribution in [1.29, 1.82) is 0 Å². The Kier molecular flexibility index (Phi) is 1.87. The number of rotatable bonds is 3. The van der Waals surface area contributed by atoms with Gasteiger partial charge < -0.3 is 4.57 Å². The van der Waals surface area contributed by atoms with Gasteiger partial charge in [0, 0.05) is 30.9 Å². The van der Waals surface area contributed by atoms with E-state index in [0.29, 0.717) is 5.92 Å². The maximum atomic E-state index is 4.60. The minimum Gasteiger partial charge on any atom is -0.331 e. The van der Waals surface area contributed by atoms with Gasteiger partial charge in [-0.1, -0.05) is 13.8 Å². The zero-order valence-electron chi connectivity index (χ0n) is 9.35. The summed E-state index contributed by atoms with van der Waals surface area (Å²) >= 11 is 0. The van der Waals surface area contributed by atoms with E-state index in [1.807, 2.05) is 4.52 Å². The van der Waals surface area contributed by atoms with E-state index in [-0.39, 0.29) is 0 Å². The lowest BCUT2D eigenvalue weighted by Gasteiger charge is -2.05. The summed E-state index contributed by atoms with van der Waals surface area (Å²) < 4.78 is 4.31. The van der Waals surface area contributed by atoms with Crippen LogP contribution in [0.2, 0.25) is 0 Å². The maximum Gasteiger partial charge on any atom is 0.136 e. The summed E-state index contributed by atoms with van der Waals surface area (Å²) in [7, 11) is 0. The molecule has 0 aliphatic heterocycles. The fourth-order valence-corrected chi connectivity index (χ4v) is 2.07. The number of imidazole rings is 1. The van der Waals surface area contributed by atoms with E-state index in [1.165, 1.54) is 24.2 Å². The highest BCUT2D eigenvalue weighted by Crippen LogP contribution is 2.39. The second-order valence-electron chi connectivity index (χ2n) is 4.99. The largest absolute Gasteiger partial charge is 0.331 e. The molecule has 2 heterocycles. The number of fused-ring (bicyclic) bond motifs is 1. The standard InChI is InChI=1S/C12H17N3/c1-9(2)8-14-5-6-15-12(14)7-11(13-15)10-3-4-10/h5-7,9-10H,3-4,8H2,1-2H3. The minimum absolute atomic E-state index is 0.681. The Balaban J connectivity index is 1.99. The highest BCUT2D eigenvalue weighted by molar-refractivity contribution is 5.42. The minimum atomic E-state index is 0.681. The summed E-state index contributed by atoms with van der Waals surface area (Å²) in [6.45, 7) is 5.57. The first-order valence-electron chi connectivity index (χ1n) is 5.78. The molecule has 3 heteroatoms. The summed E-state index contributed by atoms with van der Waals surface area (Å²) in [4.78, 5) is 0. The van der Waals surface area contributed by atoms with Crippen LogP contribution >= 0.6 is 0 Å². The van der Waals surface area contributed by atoms with E-state index in [2.05, 4.69) is 42.0 Å². The molecule has 0 spiro atoms. The smallest absolute Gasteiger partial charge is 0.136 e. The number of nitrogens with zero attached hydrogens (tertiary/aromatic N) is 3. The van der Waals surface area contributed by atoms with Gasteiger partial charge in [-0.2, -0.15) is 5.10 Å². The Labute approximate surface area is 89.7 Å². The Bertz CT molecular complexity index is 474. The van der Waals surface area contributed by atoms with Gasteiger partial charge in [-0.3, -0.25) is 0 Å². The van der Waals surface area contributed by atoms with E-state index >= 15 is 0 Å². The molecular weight excluding hydrogens is 186 g/mol. The molecule has 1 fully saturated rings. The van der Waals surface area contributed by atoms with Gasteiger partial charge in [0.2, 0.25) is 0 Å². The van der Waals surface area contributed by atoms with E-state index in [1.54, 1.807) is 0 Å². The predicted octanol–water partition coefficient (Wildman–Crippen LogP) is 2.67. The van der Waals surface area contributed by atoms with Gasteiger partial charge in [0.25, 0.3) is 0 Å². The van der Waals surface area contributed by atoms with Crippen LogP contribution in [0.15, 0.2) is 18.5 Å². The van der Waals surface area contributed by atoms with E-state index in [9.17, 15) is 0 Å². The van der Waals surface area contributed by atoms with Gasteiger partial charge in [-0.05, 0) is 18.8 Å². The van der Waals surface area contributed by atoms with Crippen molar-refractivity contribution in [1.82, 2.24) is 14.2 Å². The van der Waals surface area contributed by atoms with E-state index in [0.717, 1.165) is 12.5 Å². The molecule has 0 saturated heterocycles. The molecule has 0 aromatic carbocycles. The summed E-state index contributed by atoms with van der Waals surface area (Å²) in [5.41, 5.74) is 2.52. The third kappa shape index (κ3) is 1.56. The van der Waals surface area contributed by atoms with Gasteiger partial charge in [0.15, 0.2) is 0 Å². The molecule has 2 aromatic heterocycles. The highest BCUT2D eigenvalue weighted by Gasteiger charge is 2.26. The maximum absolute atomic E-state index is 4.60. The zero-order chi connectivity index (χ0) is 10.4. The summed E-state index contributed by atoms with van der Waals surface area (Å²) in [5.74, 6) is 1.43. The van der Waals surface area contributed by atoms with Crippen LogP contribution in [-0.4, -0.2) is 14.2 Å². The van der Waals surface area contributed by atoms with Gasteiger partial charge in [-0.25, -0.2) is 4.52 Å². The number of hydrogen-bond acceptors (Lipinski definition) is 1. The van der Waals surface area contributed by atoms with Crippen molar-refractivity contribution in [3.63, 3.8) is 0 Å². The topological polar surface area (TPSA) is 22.2 Å². The van der Waals surface area contributed by atoms with Crippen LogP contribution < -0.4 is 0 Å². The Morgan fingerprint density at radius 3 is 2.87 bits per heavy atom. The van der Waals surface area contributed by atoms with Crippen molar-refractivity contribution < 1.29 is 0 Å². The molecule has 0 radical (unpaired) electrons. The lowest BCUT2D eigenvalue weighted by Crippen LogP contribution is -2.02. The SMILES string of the molecule is CC(C)Cn1ccn2nc(C3CC3)cc12. The molecule has 15 heavy (non-hydrogen) atoms. The van der Waals surface area contributed by atoms with Crippen molar-refractivity contribution in [2.24, 2.45) is 5.92 Å². The molecule has 3 nitrogen and oxygen atoms in total. The molecule has 1 aliphatic rings. The van der Waals surface area contributed by atoms with Crippen LogP contribution in [0.25, 0.3) is 5.65 Å². The molecule has 0 atom stereocenters. The second-order valence-corrected chi connectivity index (χ2v) is 4.99. The monoisotopic (exact) mass is 203 g/mol. The summed E-state index contributed by atoms with van der Waals surface area (Å²) in [6, 6.07) is 2.25. The van der Waals surface area contributed by atoms with E-state index in [4.69, 9.17) is 0 Å². The van der Waals surface area contributed by atoms with Crippen LogP contribution in [0.3, 0.4) is 0 Å². The van der Waals surface area contributed by atoms with Crippen LogP contribution in [0.5, 0.6) is 0 Å². The molecule has 0 amide bonds. The molecule has 0 N–H and O–H groups in total. The predicted molar refractivity (Wildman–Crippen MR) is 60.0 cm³/mol. The fourth-order valence-electron chi connectivity index (χ4n) is 2.07. The van der Waals surface area contributed by atoms with E-state index < -0.39 is 0 Å². The van der Waals surface area contributed by atoms with Crippen molar-refractivity contribution in [3.8, 4) is 0 Å². The highest BCUT2D eigenvalue weighted by atomic mass is 15.3. The van der Waals surface area contributed by atoms with Gasteiger partial charge in [-0.15, -0.1) is 0 Å². The van der Waals surface area contributed by atoms with Crippen LogP contribution in [-0.2, 0) is 6.54 Å². The lowest BCUT2D eigenvalue weighted by atomic mass is 10.2. The molecule has 3 rings (SSSR count). The second kappa shape index (κ2) is 3.12. The Morgan fingerprint density at radius 2 is 2.20 bits per heavy atom. The average molecular weight is 203 g/mol. The van der Waals surface area contributed by atoms with Crippen molar-refractivity contribution in [2.75, 3.05) is 0 Å². The number of hydrogen-bond donors (Lipinski definition) is 0. The Morgan fingerprint density at radius 1 is 1.40 bits per heavy atom. The van der Waals surface area contributed by atoms with Crippen LogP contribution in [0.1, 0.15) is 38.3 Å². The summed E-state index contributed by atoms with van der Waals surface area (Å²) in [6.07, 6.45) is 6.83. The van der Waals surface area contributed by atoms with Gasteiger partial charge in [0.1, 0.15) is 5.65 Å². The lowest BCUT2D eigenvalue weighted by molar-refractivity contribution is 0.533. The van der Waals surface area contributed by atoms with Crippen LogP contribution in [0, 0.1) is 5.92 Å². The molecule has 0 bridgehead atoms. The zero-order valence-corrected chi connectivity index (χ0v) is 9.35. The normalized spacial score (nSPS) is 16.7. The third-order valence-corrected chi connectivity index (χ3v) is 2.97. The van der Waals surface area contributed by atoms with Crippen molar-refractivity contribution >= 4 is 5.65 Å².